The van der Waals surface area contributed by atoms with Gasteiger partial charge in [-0.05, 0) is 25.5 Å². The molecule has 4 rings (SSSR count). The van der Waals surface area contributed by atoms with Crippen LogP contribution in [0.1, 0.15) is 19.4 Å². The predicted molar refractivity (Wildman–Crippen MR) is 96.7 cm³/mol. The average molecular weight is 388 g/mol. The Morgan fingerprint density at radius 1 is 1.29 bits per heavy atom. The maximum Gasteiger partial charge on any atom is 0.330 e. The highest BCUT2D eigenvalue weighted by Crippen LogP contribution is 2.48. The minimum atomic E-state index is -1.61. The molecule has 3 aliphatic rings. The number of nitrogens with zero attached hydrogens (tertiary/aromatic N) is 3. The summed E-state index contributed by atoms with van der Waals surface area (Å²) in [6.45, 7) is 4.10. The van der Waals surface area contributed by atoms with Crippen LogP contribution in [0.4, 0.5) is 16.2 Å². The fraction of sp³-hybridized carbons (Fsp3) is 0.500. The number of rotatable bonds is 1. The van der Waals surface area contributed by atoms with Crippen LogP contribution in [0.5, 0.6) is 0 Å². The summed E-state index contributed by atoms with van der Waals surface area (Å²) in [5.74, 6) is -1.32. The van der Waals surface area contributed by atoms with Gasteiger partial charge in [-0.3, -0.25) is 29.9 Å². The van der Waals surface area contributed by atoms with Crippen molar-refractivity contribution in [3.63, 3.8) is 0 Å². The van der Waals surface area contributed by atoms with Crippen LogP contribution in [0.3, 0.4) is 0 Å². The maximum absolute atomic E-state index is 13.3. The molecule has 0 aromatic heterocycles. The molecule has 148 valence electrons. The number of urea groups is 1. The first-order chi connectivity index (χ1) is 13.2. The molecule has 1 aromatic carbocycles. The van der Waals surface area contributed by atoms with Gasteiger partial charge < -0.3 is 9.64 Å². The second-order valence-electron chi connectivity index (χ2n) is 7.59. The van der Waals surface area contributed by atoms with Crippen molar-refractivity contribution in [3.05, 3.63) is 33.9 Å². The van der Waals surface area contributed by atoms with Gasteiger partial charge in [0, 0.05) is 37.8 Å². The molecule has 10 heteroatoms. The van der Waals surface area contributed by atoms with Crippen LogP contribution in [-0.4, -0.2) is 59.5 Å². The third-order valence-electron chi connectivity index (χ3n) is 5.86. The number of fused-ring (bicyclic) bond motifs is 4. The summed E-state index contributed by atoms with van der Waals surface area (Å²) in [4.78, 5) is 51.8. The Balaban J connectivity index is 1.93. The van der Waals surface area contributed by atoms with Gasteiger partial charge in [0.05, 0.1) is 23.2 Å². The molecule has 0 radical (unpaired) electrons. The molecule has 28 heavy (non-hydrogen) atoms. The van der Waals surface area contributed by atoms with Gasteiger partial charge in [-0.15, -0.1) is 0 Å². The highest BCUT2D eigenvalue weighted by Gasteiger charge is 2.64. The number of hydrogen-bond acceptors (Lipinski definition) is 7. The van der Waals surface area contributed by atoms with Crippen molar-refractivity contribution in [2.45, 2.75) is 38.5 Å². The third kappa shape index (κ3) is 2.34. The van der Waals surface area contributed by atoms with Gasteiger partial charge in [0.2, 0.25) is 11.8 Å². The molecule has 1 spiro atoms. The molecule has 2 saturated heterocycles. The number of non-ortho nitro benzene ring substituents is 1. The zero-order valence-corrected chi connectivity index (χ0v) is 15.7. The normalized spacial score (nSPS) is 32.1. The number of carbonyl (C=O) groups is 3. The van der Waals surface area contributed by atoms with Gasteiger partial charge in [0.1, 0.15) is 0 Å². The minimum absolute atomic E-state index is 0.0461. The number of imide groups is 2. The minimum Gasteiger partial charge on any atom is -0.372 e. The summed E-state index contributed by atoms with van der Waals surface area (Å²) in [7, 11) is 1.32. The van der Waals surface area contributed by atoms with E-state index in [1.165, 1.54) is 19.2 Å². The Bertz CT molecular complexity index is 917. The molecule has 0 bridgehead atoms. The Morgan fingerprint density at radius 2 is 2.00 bits per heavy atom. The van der Waals surface area contributed by atoms with Crippen molar-refractivity contribution >= 4 is 29.2 Å². The maximum atomic E-state index is 13.3. The van der Waals surface area contributed by atoms with Gasteiger partial charge in [-0.2, -0.15) is 0 Å². The van der Waals surface area contributed by atoms with E-state index in [9.17, 15) is 24.5 Å². The molecular formula is C18H20N4O6. The van der Waals surface area contributed by atoms with E-state index in [0.29, 0.717) is 12.1 Å². The summed E-state index contributed by atoms with van der Waals surface area (Å²) in [5, 5.41) is 13.5. The van der Waals surface area contributed by atoms with E-state index in [0.717, 1.165) is 10.6 Å². The lowest BCUT2D eigenvalue weighted by Crippen LogP contribution is -2.75. The third-order valence-corrected chi connectivity index (χ3v) is 5.86. The summed E-state index contributed by atoms with van der Waals surface area (Å²) in [6.07, 6.45) is -0.677. The molecule has 0 saturated carbocycles. The lowest BCUT2D eigenvalue weighted by Gasteiger charge is -2.56. The molecule has 10 nitrogen and oxygen atoms in total. The average Bonchev–Trinajstić information content (AvgIpc) is 2.63. The molecule has 4 amide bonds. The van der Waals surface area contributed by atoms with Gasteiger partial charge in [0.15, 0.2) is 5.41 Å². The molecule has 4 atom stereocenters. The highest BCUT2D eigenvalue weighted by atomic mass is 16.6. The molecule has 3 heterocycles. The highest BCUT2D eigenvalue weighted by molar-refractivity contribution is 6.20. The first-order valence-corrected chi connectivity index (χ1v) is 9.00. The van der Waals surface area contributed by atoms with Crippen LogP contribution in [0.2, 0.25) is 0 Å². The van der Waals surface area contributed by atoms with E-state index in [-0.39, 0.29) is 18.2 Å². The predicted octanol–water partition coefficient (Wildman–Crippen LogP) is 0.828. The number of barbiturate groups is 1. The zero-order valence-electron chi connectivity index (χ0n) is 15.7. The molecule has 1 aromatic rings. The second kappa shape index (κ2) is 5.99. The first-order valence-electron chi connectivity index (χ1n) is 9.00. The summed E-state index contributed by atoms with van der Waals surface area (Å²) in [6, 6.07) is 3.04. The number of hydrogen-bond donors (Lipinski definition) is 1. The number of ether oxygens (including phenoxy) is 1. The molecule has 0 aliphatic carbocycles. The number of benzene rings is 1. The fourth-order valence-electron chi connectivity index (χ4n) is 4.75. The molecule has 3 aliphatic heterocycles. The number of anilines is 1. The Morgan fingerprint density at radius 3 is 2.68 bits per heavy atom. The lowest BCUT2D eigenvalue weighted by atomic mass is 9.66. The second-order valence-corrected chi connectivity index (χ2v) is 7.59. The largest absolute Gasteiger partial charge is 0.372 e. The van der Waals surface area contributed by atoms with E-state index in [1.54, 1.807) is 13.0 Å². The SMILES string of the molecule is C[C@@H]1CN2c3ccc([N+](=O)[O-])cc3C[C@]3(C(=O)NC(=O)N(C)C3=O)[C@@H]2[C@H](C)O1. The van der Waals surface area contributed by atoms with E-state index < -0.39 is 40.3 Å². The van der Waals surface area contributed by atoms with E-state index in [1.807, 2.05) is 11.8 Å². The number of amides is 4. The Kier molecular flexibility index (Phi) is 3.93. The Hall–Kier alpha value is -3.01. The van der Waals surface area contributed by atoms with E-state index in [4.69, 9.17) is 4.74 Å². The van der Waals surface area contributed by atoms with Crippen molar-refractivity contribution < 1.29 is 24.0 Å². The Labute approximate surface area is 160 Å². The summed E-state index contributed by atoms with van der Waals surface area (Å²) in [5.41, 5.74) is -0.457. The van der Waals surface area contributed by atoms with Crippen LogP contribution >= 0.6 is 0 Å². The van der Waals surface area contributed by atoms with Gasteiger partial charge in [-0.25, -0.2) is 4.79 Å². The van der Waals surface area contributed by atoms with Crippen molar-refractivity contribution in [1.82, 2.24) is 10.2 Å². The van der Waals surface area contributed by atoms with Gasteiger partial charge in [-0.1, -0.05) is 0 Å². The van der Waals surface area contributed by atoms with Crippen LogP contribution < -0.4 is 10.2 Å². The van der Waals surface area contributed by atoms with Crippen LogP contribution in [0.15, 0.2) is 18.2 Å². The fourth-order valence-corrected chi connectivity index (χ4v) is 4.75. The number of nitro groups is 1. The van der Waals surface area contributed by atoms with Gasteiger partial charge >= 0.3 is 6.03 Å². The number of nitro benzene ring substituents is 1. The van der Waals surface area contributed by atoms with Crippen LogP contribution in [-0.2, 0) is 20.7 Å². The standard InChI is InChI=1S/C18H20N4O6/c1-9-8-21-13-5-4-12(22(26)27)6-11(13)7-18(14(21)10(2)28-9)15(23)19-17(25)20(3)16(18)24/h4-6,9-10,14H,7-8H2,1-3H3,(H,19,23,25)/t9-,10+,14+,18-/m1/s1. The summed E-state index contributed by atoms with van der Waals surface area (Å²) < 4.78 is 5.93. The molecular weight excluding hydrogens is 368 g/mol. The quantitative estimate of drug-likeness (QED) is 0.429. The van der Waals surface area contributed by atoms with Crippen molar-refractivity contribution in [1.29, 1.82) is 0 Å². The monoisotopic (exact) mass is 388 g/mol. The summed E-state index contributed by atoms with van der Waals surface area (Å²) >= 11 is 0. The van der Waals surface area contributed by atoms with E-state index in [2.05, 4.69) is 5.32 Å². The smallest absolute Gasteiger partial charge is 0.330 e. The molecule has 2 fully saturated rings. The number of carbonyl (C=O) groups excluding carboxylic acids is 3. The van der Waals surface area contributed by atoms with Crippen molar-refractivity contribution in [2.24, 2.45) is 5.41 Å². The van der Waals surface area contributed by atoms with Gasteiger partial charge in [0.25, 0.3) is 5.69 Å². The lowest BCUT2D eigenvalue weighted by molar-refractivity contribution is -0.384. The van der Waals surface area contributed by atoms with Crippen molar-refractivity contribution in [2.75, 3.05) is 18.5 Å². The number of nitrogens with one attached hydrogen (secondary N) is 1. The van der Waals surface area contributed by atoms with Crippen LogP contribution in [0.25, 0.3) is 0 Å². The topological polar surface area (TPSA) is 122 Å². The first kappa shape index (κ1) is 18.4. The molecule has 1 N–H and O–H groups in total. The van der Waals surface area contributed by atoms with E-state index >= 15 is 0 Å². The van der Waals surface area contributed by atoms with Crippen molar-refractivity contribution in [3.8, 4) is 0 Å². The molecule has 0 unspecified atom stereocenters. The zero-order chi connectivity index (χ0) is 20.4. The van der Waals surface area contributed by atoms with Crippen LogP contribution in [0, 0.1) is 15.5 Å². The number of morpholine rings is 1.